The van der Waals surface area contributed by atoms with Crippen molar-refractivity contribution in [3.8, 4) is 0 Å². The van der Waals surface area contributed by atoms with Crippen LogP contribution < -0.4 is 0 Å². The van der Waals surface area contributed by atoms with Gasteiger partial charge >= 0.3 is 0 Å². The summed E-state index contributed by atoms with van der Waals surface area (Å²) in [5, 5.41) is 7.40. The molecule has 0 aliphatic heterocycles. The van der Waals surface area contributed by atoms with Crippen LogP contribution in [0.1, 0.15) is 0 Å². The van der Waals surface area contributed by atoms with E-state index in [1.807, 2.05) is 0 Å². The van der Waals surface area contributed by atoms with Gasteiger partial charge in [-0.05, 0) is 12.1 Å². The lowest BCUT2D eigenvalue weighted by molar-refractivity contribution is 0.483. The van der Waals surface area contributed by atoms with Gasteiger partial charge in [0, 0.05) is 12.4 Å². The predicted molar refractivity (Wildman–Crippen MR) is 59.0 cm³/mol. The van der Waals surface area contributed by atoms with E-state index in [2.05, 4.69) is 20.2 Å². The third-order valence-electron chi connectivity index (χ3n) is 1.88. The van der Waals surface area contributed by atoms with Gasteiger partial charge in [-0.15, -0.1) is 10.2 Å². The summed E-state index contributed by atoms with van der Waals surface area (Å²) >= 11 is 0. The molecule has 8 heteroatoms. The molecule has 2 aromatic rings. The van der Waals surface area contributed by atoms with Crippen molar-refractivity contribution in [2.75, 3.05) is 0 Å². The lowest BCUT2D eigenvalue weighted by Crippen LogP contribution is -1.97. The van der Waals surface area contributed by atoms with Crippen LogP contribution in [-0.2, 0) is 10.1 Å². The van der Waals surface area contributed by atoms with Crippen molar-refractivity contribution >= 4 is 21.8 Å². The smallest absolute Gasteiger partial charge is 0.296 e. The minimum Gasteiger partial charge on any atom is -0.328 e. The molecule has 0 spiro atoms. The second kappa shape index (κ2) is 4.44. The number of imidazole rings is 1. The van der Waals surface area contributed by atoms with Crippen LogP contribution in [0.2, 0.25) is 0 Å². The molecule has 0 radical (unpaired) electrons. The Morgan fingerprint density at radius 2 is 2.00 bits per heavy atom. The van der Waals surface area contributed by atoms with E-state index in [9.17, 15) is 8.42 Å². The third kappa shape index (κ3) is 2.74. The van der Waals surface area contributed by atoms with Crippen molar-refractivity contribution in [1.82, 2.24) is 9.97 Å². The van der Waals surface area contributed by atoms with Gasteiger partial charge < -0.3 is 4.98 Å². The van der Waals surface area contributed by atoms with E-state index in [0.717, 1.165) is 0 Å². The highest BCUT2D eigenvalue weighted by Crippen LogP contribution is 2.24. The summed E-state index contributed by atoms with van der Waals surface area (Å²) in [4.78, 5) is 6.18. The first-order chi connectivity index (χ1) is 8.07. The predicted octanol–water partition coefficient (Wildman–Crippen LogP) is 2.07. The lowest BCUT2D eigenvalue weighted by atomic mass is 10.3. The van der Waals surface area contributed by atoms with E-state index in [1.165, 1.54) is 24.4 Å². The molecule has 0 saturated carbocycles. The summed E-state index contributed by atoms with van der Waals surface area (Å²) < 4.78 is 31.1. The topological polar surface area (TPSA) is 108 Å². The zero-order valence-corrected chi connectivity index (χ0v) is 9.29. The molecule has 17 heavy (non-hydrogen) atoms. The Morgan fingerprint density at radius 1 is 1.24 bits per heavy atom. The Hall–Kier alpha value is -2.06. The second-order valence-corrected chi connectivity index (χ2v) is 4.45. The van der Waals surface area contributed by atoms with Gasteiger partial charge in [-0.25, -0.2) is 4.98 Å². The first-order valence-electron chi connectivity index (χ1n) is 4.55. The molecule has 0 saturated heterocycles. The SMILES string of the molecule is O=S(=O)(O)c1ccccc1N=Nc1ncc[nH]1. The molecule has 0 fully saturated rings. The summed E-state index contributed by atoms with van der Waals surface area (Å²) in [5.74, 6) is 0.246. The van der Waals surface area contributed by atoms with Crippen LogP contribution in [0.4, 0.5) is 11.6 Å². The quantitative estimate of drug-likeness (QED) is 0.643. The van der Waals surface area contributed by atoms with E-state index in [-0.39, 0.29) is 16.5 Å². The molecule has 0 bridgehead atoms. The molecule has 2 N–H and O–H groups in total. The molecule has 1 aromatic heterocycles. The van der Waals surface area contributed by atoms with Gasteiger partial charge in [-0.2, -0.15) is 8.42 Å². The lowest BCUT2D eigenvalue weighted by Gasteiger charge is -1.99. The fourth-order valence-electron chi connectivity index (χ4n) is 1.17. The summed E-state index contributed by atoms with van der Waals surface area (Å²) in [7, 11) is -4.31. The highest BCUT2D eigenvalue weighted by Gasteiger charge is 2.14. The Kier molecular flexibility index (Phi) is 2.98. The molecule has 2 rings (SSSR count). The first kappa shape index (κ1) is 11.4. The highest BCUT2D eigenvalue weighted by molar-refractivity contribution is 7.86. The van der Waals surface area contributed by atoms with E-state index >= 15 is 0 Å². The summed E-state index contributed by atoms with van der Waals surface area (Å²) in [5.41, 5.74) is 0.0476. The number of nitrogens with zero attached hydrogens (tertiary/aromatic N) is 3. The molecular weight excluding hydrogens is 244 g/mol. The fourth-order valence-corrected chi connectivity index (χ4v) is 1.79. The minimum atomic E-state index is -4.31. The third-order valence-corrected chi connectivity index (χ3v) is 2.78. The minimum absolute atomic E-state index is 0.0476. The Labute approximate surface area is 97.0 Å². The van der Waals surface area contributed by atoms with Gasteiger partial charge in [0.2, 0.25) is 5.95 Å². The highest BCUT2D eigenvalue weighted by atomic mass is 32.2. The van der Waals surface area contributed by atoms with E-state index < -0.39 is 10.1 Å². The monoisotopic (exact) mass is 252 g/mol. The van der Waals surface area contributed by atoms with Crippen LogP contribution in [0, 0.1) is 0 Å². The maximum Gasteiger partial charge on any atom is 0.296 e. The molecule has 0 atom stereocenters. The van der Waals surface area contributed by atoms with Crippen LogP contribution in [0.15, 0.2) is 51.8 Å². The number of hydrogen-bond acceptors (Lipinski definition) is 5. The molecule has 7 nitrogen and oxygen atoms in total. The Morgan fingerprint density at radius 3 is 2.65 bits per heavy atom. The van der Waals surface area contributed by atoms with Gasteiger partial charge in [0.25, 0.3) is 10.1 Å². The molecule has 0 aliphatic carbocycles. The standard InChI is InChI=1S/C9H8N4O3S/c14-17(15,16)8-4-2-1-3-7(8)12-13-9-10-5-6-11-9/h1-6H,(H,10,11)(H,14,15,16). The van der Waals surface area contributed by atoms with Crippen LogP contribution >= 0.6 is 0 Å². The van der Waals surface area contributed by atoms with Crippen LogP contribution in [-0.4, -0.2) is 22.9 Å². The van der Waals surface area contributed by atoms with Crippen molar-refractivity contribution in [2.24, 2.45) is 10.2 Å². The van der Waals surface area contributed by atoms with Crippen molar-refractivity contribution in [2.45, 2.75) is 4.90 Å². The van der Waals surface area contributed by atoms with Gasteiger partial charge in [-0.3, -0.25) is 4.55 Å². The molecule has 0 aliphatic rings. The largest absolute Gasteiger partial charge is 0.328 e. The number of benzene rings is 1. The Bertz CT molecular complexity index is 634. The average molecular weight is 252 g/mol. The second-order valence-electron chi connectivity index (χ2n) is 3.06. The van der Waals surface area contributed by atoms with Gasteiger partial charge in [0.1, 0.15) is 10.6 Å². The van der Waals surface area contributed by atoms with Crippen LogP contribution in [0.3, 0.4) is 0 Å². The van der Waals surface area contributed by atoms with E-state index in [0.29, 0.717) is 0 Å². The molecule has 0 unspecified atom stereocenters. The Balaban J connectivity index is 2.40. The zero-order valence-electron chi connectivity index (χ0n) is 8.48. The van der Waals surface area contributed by atoms with Crippen molar-refractivity contribution < 1.29 is 13.0 Å². The normalized spacial score (nSPS) is 12.1. The zero-order chi connectivity index (χ0) is 12.3. The van der Waals surface area contributed by atoms with Gasteiger partial charge in [0.15, 0.2) is 0 Å². The average Bonchev–Trinajstić information content (AvgIpc) is 2.78. The number of aromatic amines is 1. The van der Waals surface area contributed by atoms with Crippen molar-refractivity contribution in [3.05, 3.63) is 36.7 Å². The van der Waals surface area contributed by atoms with Crippen molar-refractivity contribution in [1.29, 1.82) is 0 Å². The number of azo groups is 1. The summed E-state index contributed by atoms with van der Waals surface area (Å²) in [6.45, 7) is 0. The number of nitrogens with one attached hydrogen (secondary N) is 1. The molecule has 0 amide bonds. The van der Waals surface area contributed by atoms with E-state index in [4.69, 9.17) is 4.55 Å². The molecular formula is C9H8N4O3S. The number of H-pyrrole nitrogens is 1. The maximum atomic E-state index is 11.0. The molecule has 1 heterocycles. The van der Waals surface area contributed by atoms with Crippen molar-refractivity contribution in [3.63, 3.8) is 0 Å². The van der Waals surface area contributed by atoms with Gasteiger partial charge in [0.05, 0.1) is 0 Å². The number of rotatable bonds is 3. The first-order valence-corrected chi connectivity index (χ1v) is 5.99. The van der Waals surface area contributed by atoms with Crippen LogP contribution in [0.25, 0.3) is 0 Å². The number of aromatic nitrogens is 2. The summed E-state index contributed by atoms with van der Waals surface area (Å²) in [6, 6.07) is 5.74. The number of hydrogen-bond donors (Lipinski definition) is 2. The van der Waals surface area contributed by atoms with E-state index in [1.54, 1.807) is 12.3 Å². The maximum absolute atomic E-state index is 11.0. The van der Waals surface area contributed by atoms with Gasteiger partial charge in [-0.1, -0.05) is 12.1 Å². The fraction of sp³-hybridized carbons (Fsp3) is 0. The van der Waals surface area contributed by atoms with Crippen LogP contribution in [0.5, 0.6) is 0 Å². The summed E-state index contributed by atoms with van der Waals surface area (Å²) in [6.07, 6.45) is 3.05. The molecule has 1 aromatic carbocycles. The molecule has 88 valence electrons.